The fourth-order valence-electron chi connectivity index (χ4n) is 2.82. The van der Waals surface area contributed by atoms with E-state index < -0.39 is 5.97 Å². The standard InChI is InChI=1S/C16H20O4/c1-19-14-8-7-12(9-15(14)20-2)13-6-4-3-5-11(13)10-16(17)18/h7-10,13H,3-6H2,1-2H3,(H,17,18)/b11-10+. The van der Waals surface area contributed by atoms with Crippen LogP contribution in [0.25, 0.3) is 0 Å². The predicted octanol–water partition coefficient (Wildman–Crippen LogP) is 3.37. The maximum atomic E-state index is 10.9. The molecule has 4 heteroatoms. The summed E-state index contributed by atoms with van der Waals surface area (Å²) < 4.78 is 10.6. The van der Waals surface area contributed by atoms with Crippen molar-refractivity contribution < 1.29 is 19.4 Å². The molecule has 0 amide bonds. The van der Waals surface area contributed by atoms with Crippen LogP contribution in [-0.2, 0) is 4.79 Å². The fraction of sp³-hybridized carbons (Fsp3) is 0.438. The fourth-order valence-corrected chi connectivity index (χ4v) is 2.82. The van der Waals surface area contributed by atoms with Crippen molar-refractivity contribution in [3.63, 3.8) is 0 Å². The summed E-state index contributed by atoms with van der Waals surface area (Å²) in [6.45, 7) is 0. The van der Waals surface area contributed by atoms with Gasteiger partial charge in [0.2, 0.25) is 0 Å². The van der Waals surface area contributed by atoms with Crippen LogP contribution in [0.2, 0.25) is 0 Å². The van der Waals surface area contributed by atoms with Crippen LogP contribution in [0.3, 0.4) is 0 Å². The molecule has 0 heterocycles. The highest BCUT2D eigenvalue weighted by Gasteiger charge is 2.22. The lowest BCUT2D eigenvalue weighted by Crippen LogP contribution is -2.10. The van der Waals surface area contributed by atoms with Gasteiger partial charge in [-0.3, -0.25) is 0 Å². The number of carboxylic acid groups (broad SMARTS) is 1. The van der Waals surface area contributed by atoms with Crippen molar-refractivity contribution >= 4 is 5.97 Å². The summed E-state index contributed by atoms with van der Waals surface area (Å²) >= 11 is 0. The monoisotopic (exact) mass is 276 g/mol. The molecule has 0 aliphatic heterocycles. The van der Waals surface area contributed by atoms with Gasteiger partial charge < -0.3 is 14.6 Å². The summed E-state index contributed by atoms with van der Waals surface area (Å²) in [4.78, 5) is 10.9. The van der Waals surface area contributed by atoms with Gasteiger partial charge >= 0.3 is 5.97 Å². The maximum absolute atomic E-state index is 10.9. The van der Waals surface area contributed by atoms with E-state index in [1.165, 1.54) is 6.08 Å². The minimum atomic E-state index is -0.868. The van der Waals surface area contributed by atoms with E-state index in [4.69, 9.17) is 14.6 Å². The molecular weight excluding hydrogens is 256 g/mol. The minimum absolute atomic E-state index is 0.166. The summed E-state index contributed by atoms with van der Waals surface area (Å²) in [7, 11) is 3.21. The number of aliphatic carboxylic acids is 1. The molecular formula is C16H20O4. The minimum Gasteiger partial charge on any atom is -0.493 e. The number of allylic oxidation sites excluding steroid dienone is 1. The molecule has 4 nitrogen and oxygen atoms in total. The molecule has 0 spiro atoms. The molecule has 2 rings (SSSR count). The SMILES string of the molecule is COc1ccc(C2CCCC/C2=C\C(=O)O)cc1OC. The molecule has 1 aliphatic rings. The molecule has 0 bridgehead atoms. The van der Waals surface area contributed by atoms with Gasteiger partial charge in [-0.1, -0.05) is 18.1 Å². The number of hydrogen-bond donors (Lipinski definition) is 1. The topological polar surface area (TPSA) is 55.8 Å². The van der Waals surface area contributed by atoms with E-state index in [2.05, 4.69) is 0 Å². The molecule has 1 aromatic carbocycles. The smallest absolute Gasteiger partial charge is 0.328 e. The Hall–Kier alpha value is -1.97. The maximum Gasteiger partial charge on any atom is 0.328 e. The van der Waals surface area contributed by atoms with Gasteiger partial charge in [0, 0.05) is 12.0 Å². The summed E-state index contributed by atoms with van der Waals surface area (Å²) in [6, 6.07) is 5.82. The Morgan fingerprint density at radius 2 is 2.00 bits per heavy atom. The first kappa shape index (κ1) is 14.4. The van der Waals surface area contributed by atoms with E-state index >= 15 is 0 Å². The molecule has 20 heavy (non-hydrogen) atoms. The Balaban J connectivity index is 2.35. The summed E-state index contributed by atoms with van der Waals surface area (Å²) in [5.41, 5.74) is 2.09. The van der Waals surface area contributed by atoms with Gasteiger partial charge in [-0.25, -0.2) is 4.79 Å². The van der Waals surface area contributed by atoms with Crippen molar-refractivity contribution in [2.45, 2.75) is 31.6 Å². The summed E-state index contributed by atoms with van der Waals surface area (Å²) in [5, 5.41) is 8.99. The second kappa shape index (κ2) is 6.46. The normalized spacial score (nSPS) is 20.7. The van der Waals surface area contributed by atoms with Crippen LogP contribution in [0.1, 0.15) is 37.2 Å². The van der Waals surface area contributed by atoms with Crippen molar-refractivity contribution in [1.29, 1.82) is 0 Å². The number of methoxy groups -OCH3 is 2. The largest absolute Gasteiger partial charge is 0.493 e. The van der Waals surface area contributed by atoms with Crippen molar-refractivity contribution in [2.24, 2.45) is 0 Å². The molecule has 0 radical (unpaired) electrons. The van der Waals surface area contributed by atoms with E-state index in [-0.39, 0.29) is 5.92 Å². The zero-order valence-corrected chi connectivity index (χ0v) is 11.9. The average molecular weight is 276 g/mol. The van der Waals surface area contributed by atoms with Gasteiger partial charge in [0.15, 0.2) is 11.5 Å². The van der Waals surface area contributed by atoms with E-state index in [1.54, 1.807) is 14.2 Å². The summed E-state index contributed by atoms with van der Waals surface area (Å²) in [6.07, 6.45) is 5.37. The molecule has 1 saturated carbocycles. The van der Waals surface area contributed by atoms with Gasteiger partial charge in [0.1, 0.15) is 0 Å². The first-order valence-corrected chi connectivity index (χ1v) is 6.81. The first-order valence-electron chi connectivity index (χ1n) is 6.81. The lowest BCUT2D eigenvalue weighted by atomic mass is 9.79. The van der Waals surface area contributed by atoms with Crippen LogP contribution in [0, 0.1) is 0 Å². The van der Waals surface area contributed by atoms with Gasteiger partial charge in [-0.2, -0.15) is 0 Å². The second-order valence-electron chi connectivity index (χ2n) is 4.97. The van der Waals surface area contributed by atoms with E-state index in [9.17, 15) is 4.79 Å². The van der Waals surface area contributed by atoms with Crippen LogP contribution in [0.4, 0.5) is 0 Å². The lowest BCUT2D eigenvalue weighted by molar-refractivity contribution is -0.131. The summed E-state index contributed by atoms with van der Waals surface area (Å²) in [5.74, 6) is 0.674. The highest BCUT2D eigenvalue weighted by molar-refractivity contribution is 5.81. The van der Waals surface area contributed by atoms with Crippen LogP contribution < -0.4 is 9.47 Å². The molecule has 1 unspecified atom stereocenters. The van der Waals surface area contributed by atoms with Gasteiger partial charge in [0.25, 0.3) is 0 Å². The molecule has 1 atom stereocenters. The lowest BCUT2D eigenvalue weighted by Gasteiger charge is -2.26. The van der Waals surface area contributed by atoms with E-state index in [1.807, 2.05) is 18.2 Å². The highest BCUT2D eigenvalue weighted by atomic mass is 16.5. The van der Waals surface area contributed by atoms with Crippen LogP contribution in [0.15, 0.2) is 29.8 Å². The van der Waals surface area contributed by atoms with Crippen molar-refractivity contribution in [3.8, 4) is 11.5 Å². The molecule has 1 aliphatic carbocycles. The van der Waals surface area contributed by atoms with Crippen molar-refractivity contribution in [3.05, 3.63) is 35.4 Å². The third-order valence-corrected chi connectivity index (χ3v) is 3.77. The highest BCUT2D eigenvalue weighted by Crippen LogP contribution is 2.40. The Morgan fingerprint density at radius 1 is 1.25 bits per heavy atom. The van der Waals surface area contributed by atoms with Gasteiger partial charge in [-0.05, 0) is 37.0 Å². The van der Waals surface area contributed by atoms with Crippen LogP contribution in [-0.4, -0.2) is 25.3 Å². The number of hydrogen-bond acceptors (Lipinski definition) is 3. The van der Waals surface area contributed by atoms with Crippen molar-refractivity contribution in [1.82, 2.24) is 0 Å². The number of carboxylic acids is 1. The second-order valence-corrected chi connectivity index (χ2v) is 4.97. The first-order chi connectivity index (χ1) is 9.65. The predicted molar refractivity (Wildman–Crippen MR) is 76.5 cm³/mol. The zero-order valence-electron chi connectivity index (χ0n) is 11.9. The molecule has 0 saturated heterocycles. The molecule has 1 aromatic rings. The number of ether oxygens (including phenoxy) is 2. The number of carbonyl (C=O) groups is 1. The Bertz CT molecular complexity index is 519. The van der Waals surface area contributed by atoms with Crippen LogP contribution in [0.5, 0.6) is 11.5 Å². The van der Waals surface area contributed by atoms with Gasteiger partial charge in [-0.15, -0.1) is 0 Å². The quantitative estimate of drug-likeness (QED) is 0.857. The average Bonchev–Trinajstić information content (AvgIpc) is 2.46. The Labute approximate surface area is 119 Å². The van der Waals surface area contributed by atoms with E-state index in [0.29, 0.717) is 11.5 Å². The van der Waals surface area contributed by atoms with E-state index in [0.717, 1.165) is 36.8 Å². The van der Waals surface area contributed by atoms with Crippen LogP contribution >= 0.6 is 0 Å². The third kappa shape index (κ3) is 3.13. The Morgan fingerprint density at radius 3 is 2.65 bits per heavy atom. The third-order valence-electron chi connectivity index (χ3n) is 3.77. The number of rotatable bonds is 4. The van der Waals surface area contributed by atoms with Crippen molar-refractivity contribution in [2.75, 3.05) is 14.2 Å². The molecule has 1 N–H and O–H groups in total. The van der Waals surface area contributed by atoms with Gasteiger partial charge in [0.05, 0.1) is 14.2 Å². The molecule has 1 fully saturated rings. The number of benzene rings is 1. The Kier molecular flexibility index (Phi) is 4.66. The molecule has 108 valence electrons. The molecule has 0 aromatic heterocycles. The zero-order chi connectivity index (χ0) is 14.5.